The number of nitrogens with zero attached hydrogens (tertiary/aromatic N) is 3. The summed E-state index contributed by atoms with van der Waals surface area (Å²) in [5, 5.41) is 4.51. The van der Waals surface area contributed by atoms with E-state index >= 15 is 0 Å². The molecular formula is C20H24N4O2S2. The average Bonchev–Trinajstić information content (AvgIpc) is 3.11. The Hall–Kier alpha value is -2.03. The lowest BCUT2D eigenvalue weighted by Gasteiger charge is -2.26. The first-order chi connectivity index (χ1) is 13.5. The fourth-order valence-corrected chi connectivity index (χ4v) is 5.75. The molecule has 1 N–H and O–H groups in total. The standard InChI is InChI=1S/C20H24N4O2S2/c1-15-22-19(21-8-5-9-24-10-12-28(25,26)13-11-24)17-14-18(27-20(17)23-15)16-6-3-2-4-7-16/h2-4,6-7,14H,5,8-13H2,1H3,(H,21,22,23). The monoisotopic (exact) mass is 416 g/mol. The molecule has 0 saturated carbocycles. The van der Waals surface area contributed by atoms with Gasteiger partial charge in [-0.25, -0.2) is 18.4 Å². The molecule has 3 aromatic rings. The molecule has 1 fully saturated rings. The van der Waals surface area contributed by atoms with Crippen LogP contribution >= 0.6 is 11.3 Å². The van der Waals surface area contributed by atoms with Crippen LogP contribution in [0.2, 0.25) is 0 Å². The third-order valence-electron chi connectivity index (χ3n) is 4.94. The van der Waals surface area contributed by atoms with Gasteiger partial charge in [-0.1, -0.05) is 30.3 Å². The quantitative estimate of drug-likeness (QED) is 0.622. The fourth-order valence-electron chi connectivity index (χ4n) is 3.39. The van der Waals surface area contributed by atoms with Crippen molar-refractivity contribution in [1.29, 1.82) is 0 Å². The first-order valence-corrected chi connectivity index (χ1v) is 12.1. The number of benzene rings is 1. The highest BCUT2D eigenvalue weighted by atomic mass is 32.2. The Balaban J connectivity index is 1.41. The summed E-state index contributed by atoms with van der Waals surface area (Å²) in [6, 6.07) is 12.5. The molecular weight excluding hydrogens is 392 g/mol. The molecule has 0 unspecified atom stereocenters. The summed E-state index contributed by atoms with van der Waals surface area (Å²) < 4.78 is 23.0. The zero-order chi connectivity index (χ0) is 19.6. The molecule has 0 bridgehead atoms. The Labute approximate surface area is 169 Å². The maximum atomic E-state index is 11.5. The number of hydrogen-bond acceptors (Lipinski definition) is 7. The van der Waals surface area contributed by atoms with E-state index in [0.29, 0.717) is 13.1 Å². The molecule has 0 aliphatic carbocycles. The molecule has 6 nitrogen and oxygen atoms in total. The molecule has 4 rings (SSSR count). The number of hydrogen-bond donors (Lipinski definition) is 1. The predicted molar refractivity (Wildman–Crippen MR) is 116 cm³/mol. The summed E-state index contributed by atoms with van der Waals surface area (Å²) in [5.74, 6) is 2.20. The van der Waals surface area contributed by atoms with Gasteiger partial charge in [0.15, 0.2) is 9.84 Å². The van der Waals surface area contributed by atoms with Gasteiger partial charge in [0.25, 0.3) is 0 Å². The van der Waals surface area contributed by atoms with E-state index in [9.17, 15) is 8.42 Å². The lowest BCUT2D eigenvalue weighted by molar-refractivity contribution is 0.294. The van der Waals surface area contributed by atoms with Crippen LogP contribution in [0.15, 0.2) is 36.4 Å². The van der Waals surface area contributed by atoms with E-state index in [0.717, 1.165) is 41.4 Å². The Morgan fingerprint density at radius 1 is 1.14 bits per heavy atom. The summed E-state index contributed by atoms with van der Waals surface area (Å²) in [4.78, 5) is 13.6. The normalized spacial score (nSPS) is 17.0. The zero-order valence-electron chi connectivity index (χ0n) is 15.9. The Kier molecular flexibility index (Phi) is 5.61. The molecule has 1 saturated heterocycles. The zero-order valence-corrected chi connectivity index (χ0v) is 17.5. The summed E-state index contributed by atoms with van der Waals surface area (Å²) in [7, 11) is -2.81. The number of fused-ring (bicyclic) bond motifs is 1. The van der Waals surface area contributed by atoms with Crippen LogP contribution in [-0.2, 0) is 9.84 Å². The highest BCUT2D eigenvalue weighted by molar-refractivity contribution is 7.91. The van der Waals surface area contributed by atoms with Gasteiger partial charge in [0.05, 0.1) is 16.9 Å². The van der Waals surface area contributed by atoms with Crippen molar-refractivity contribution in [2.75, 3.05) is 43.0 Å². The molecule has 8 heteroatoms. The van der Waals surface area contributed by atoms with Gasteiger partial charge in [-0.05, 0) is 31.5 Å². The molecule has 1 aromatic carbocycles. The Morgan fingerprint density at radius 2 is 1.89 bits per heavy atom. The van der Waals surface area contributed by atoms with E-state index in [1.54, 1.807) is 11.3 Å². The van der Waals surface area contributed by atoms with Crippen LogP contribution in [-0.4, -0.2) is 61.0 Å². The van der Waals surface area contributed by atoms with Crippen LogP contribution in [0.3, 0.4) is 0 Å². The van der Waals surface area contributed by atoms with Gasteiger partial charge < -0.3 is 10.2 Å². The molecule has 3 heterocycles. The number of anilines is 1. The van der Waals surface area contributed by atoms with Crippen LogP contribution in [0.5, 0.6) is 0 Å². The Bertz CT molecular complexity index is 1050. The SMILES string of the molecule is Cc1nc(NCCCN2CCS(=O)(=O)CC2)c2cc(-c3ccccc3)sc2n1. The van der Waals surface area contributed by atoms with Gasteiger partial charge in [-0.3, -0.25) is 0 Å². The van der Waals surface area contributed by atoms with Crippen molar-refractivity contribution in [2.45, 2.75) is 13.3 Å². The van der Waals surface area contributed by atoms with Crippen molar-refractivity contribution in [3.8, 4) is 10.4 Å². The van der Waals surface area contributed by atoms with Gasteiger partial charge in [0, 0.05) is 24.5 Å². The molecule has 0 spiro atoms. The topological polar surface area (TPSA) is 75.2 Å². The smallest absolute Gasteiger partial charge is 0.152 e. The van der Waals surface area contributed by atoms with Crippen LogP contribution in [0, 0.1) is 6.92 Å². The molecule has 148 valence electrons. The van der Waals surface area contributed by atoms with Crippen molar-refractivity contribution in [3.63, 3.8) is 0 Å². The van der Waals surface area contributed by atoms with Crippen molar-refractivity contribution in [2.24, 2.45) is 0 Å². The van der Waals surface area contributed by atoms with Gasteiger partial charge in [0.2, 0.25) is 0 Å². The summed E-state index contributed by atoms with van der Waals surface area (Å²) in [6.45, 7) is 4.90. The van der Waals surface area contributed by atoms with Crippen molar-refractivity contribution < 1.29 is 8.42 Å². The van der Waals surface area contributed by atoms with Gasteiger partial charge >= 0.3 is 0 Å². The number of aromatic nitrogens is 2. The van der Waals surface area contributed by atoms with Crippen LogP contribution in [0.1, 0.15) is 12.2 Å². The van der Waals surface area contributed by atoms with Crippen molar-refractivity contribution in [1.82, 2.24) is 14.9 Å². The first-order valence-electron chi connectivity index (χ1n) is 9.50. The Morgan fingerprint density at radius 3 is 2.64 bits per heavy atom. The minimum atomic E-state index is -2.81. The van der Waals surface area contributed by atoms with Gasteiger partial charge in [-0.15, -0.1) is 11.3 Å². The van der Waals surface area contributed by atoms with Crippen LogP contribution in [0.25, 0.3) is 20.7 Å². The second-order valence-corrected chi connectivity index (χ2v) is 10.4. The van der Waals surface area contributed by atoms with E-state index in [1.807, 2.05) is 25.1 Å². The van der Waals surface area contributed by atoms with E-state index in [4.69, 9.17) is 0 Å². The number of nitrogens with one attached hydrogen (secondary N) is 1. The molecule has 0 radical (unpaired) electrons. The minimum absolute atomic E-state index is 0.281. The summed E-state index contributed by atoms with van der Waals surface area (Å²) in [5.41, 5.74) is 1.19. The third-order valence-corrected chi connectivity index (χ3v) is 7.63. The van der Waals surface area contributed by atoms with E-state index < -0.39 is 9.84 Å². The molecule has 2 aromatic heterocycles. The predicted octanol–water partition coefficient (Wildman–Crippen LogP) is 3.20. The highest BCUT2D eigenvalue weighted by Gasteiger charge is 2.20. The first kappa shape index (κ1) is 19.3. The van der Waals surface area contributed by atoms with Gasteiger partial charge in [-0.2, -0.15) is 0 Å². The number of sulfone groups is 1. The second-order valence-electron chi connectivity index (χ2n) is 7.09. The van der Waals surface area contributed by atoms with Crippen molar-refractivity contribution in [3.05, 3.63) is 42.2 Å². The number of rotatable bonds is 6. The highest BCUT2D eigenvalue weighted by Crippen LogP contribution is 2.35. The largest absolute Gasteiger partial charge is 0.369 e. The van der Waals surface area contributed by atoms with Gasteiger partial charge in [0.1, 0.15) is 16.5 Å². The average molecular weight is 417 g/mol. The van der Waals surface area contributed by atoms with Crippen molar-refractivity contribution >= 4 is 37.2 Å². The van der Waals surface area contributed by atoms with Crippen LogP contribution in [0.4, 0.5) is 5.82 Å². The maximum absolute atomic E-state index is 11.5. The van der Waals surface area contributed by atoms with E-state index in [-0.39, 0.29) is 11.5 Å². The molecule has 1 aliphatic heterocycles. The summed E-state index contributed by atoms with van der Waals surface area (Å²) in [6.07, 6.45) is 0.945. The minimum Gasteiger partial charge on any atom is -0.369 e. The summed E-state index contributed by atoms with van der Waals surface area (Å²) >= 11 is 1.68. The lowest BCUT2D eigenvalue weighted by atomic mass is 10.2. The molecule has 0 atom stereocenters. The number of thiophene rings is 1. The fraction of sp³-hybridized carbons (Fsp3) is 0.400. The van der Waals surface area contributed by atoms with E-state index in [2.05, 4.69) is 38.4 Å². The number of aryl methyl sites for hydroxylation is 1. The third kappa shape index (κ3) is 4.51. The molecule has 0 amide bonds. The maximum Gasteiger partial charge on any atom is 0.152 e. The lowest BCUT2D eigenvalue weighted by Crippen LogP contribution is -2.41. The second kappa shape index (κ2) is 8.14. The van der Waals surface area contributed by atoms with E-state index in [1.165, 1.54) is 10.4 Å². The molecule has 1 aliphatic rings. The molecule has 28 heavy (non-hydrogen) atoms. The van der Waals surface area contributed by atoms with Crippen LogP contribution < -0.4 is 5.32 Å².